The topological polar surface area (TPSA) is 49.9 Å². The Kier molecular flexibility index (Phi) is 5.38. The number of rotatable bonds is 4. The first-order valence-electron chi connectivity index (χ1n) is 8.99. The summed E-state index contributed by atoms with van der Waals surface area (Å²) < 4.78 is 5.16. The molecular formula is C19H26N2O3. The van der Waals surface area contributed by atoms with Crippen molar-refractivity contribution in [2.45, 2.75) is 45.1 Å². The van der Waals surface area contributed by atoms with Gasteiger partial charge in [0.1, 0.15) is 6.04 Å². The predicted molar refractivity (Wildman–Crippen MR) is 93.0 cm³/mol. The summed E-state index contributed by atoms with van der Waals surface area (Å²) in [6.45, 7) is 4.04. The van der Waals surface area contributed by atoms with Crippen LogP contribution in [0.25, 0.3) is 0 Å². The fraction of sp³-hybridized carbons (Fsp3) is 0.579. The van der Waals surface area contributed by atoms with Gasteiger partial charge in [0.25, 0.3) is 0 Å². The number of carbonyl (C=O) groups is 2. The molecule has 1 atom stereocenters. The smallest absolute Gasteiger partial charge is 0.328 e. The van der Waals surface area contributed by atoms with Crippen LogP contribution in [-0.4, -0.2) is 49.1 Å². The van der Waals surface area contributed by atoms with Gasteiger partial charge in [0.2, 0.25) is 5.91 Å². The van der Waals surface area contributed by atoms with E-state index in [1.807, 2.05) is 12.1 Å². The normalized spacial score (nSPS) is 20.5. The van der Waals surface area contributed by atoms with Crippen LogP contribution >= 0.6 is 0 Å². The maximum atomic E-state index is 12.9. The van der Waals surface area contributed by atoms with Crippen molar-refractivity contribution in [1.82, 2.24) is 4.90 Å². The predicted octanol–water partition coefficient (Wildman–Crippen LogP) is 2.38. The van der Waals surface area contributed by atoms with Gasteiger partial charge in [-0.3, -0.25) is 4.79 Å². The molecule has 0 radical (unpaired) electrons. The van der Waals surface area contributed by atoms with E-state index in [1.165, 1.54) is 5.56 Å². The second kappa shape index (κ2) is 7.69. The first-order chi connectivity index (χ1) is 11.7. The number of amides is 1. The van der Waals surface area contributed by atoms with Crippen molar-refractivity contribution in [3.05, 3.63) is 29.8 Å². The summed E-state index contributed by atoms with van der Waals surface area (Å²) in [6.07, 6.45) is 4.76. The molecule has 1 saturated heterocycles. The van der Waals surface area contributed by atoms with Crippen LogP contribution in [-0.2, 0) is 20.7 Å². The summed E-state index contributed by atoms with van der Waals surface area (Å²) in [5.41, 5.74) is 2.46. The molecule has 0 N–H and O–H groups in total. The molecule has 0 spiro atoms. The number of anilines is 1. The monoisotopic (exact) mass is 330 g/mol. The maximum absolute atomic E-state index is 12.9. The molecule has 0 aliphatic carbocycles. The molecule has 5 nitrogen and oxygen atoms in total. The minimum absolute atomic E-state index is 0.0319. The Bertz CT molecular complexity index is 602. The molecule has 1 amide bonds. The SMILES string of the molecule is CCOC(=O)C1CCCCN1C(=O)CN1CCCc2ccccc21. The number of ether oxygens (including phenoxy) is 1. The van der Waals surface area contributed by atoms with Crippen molar-refractivity contribution in [3.8, 4) is 0 Å². The Labute approximate surface area is 143 Å². The minimum Gasteiger partial charge on any atom is -0.464 e. The van der Waals surface area contributed by atoms with Crippen molar-refractivity contribution in [2.75, 3.05) is 31.1 Å². The first-order valence-corrected chi connectivity index (χ1v) is 8.99. The summed E-state index contributed by atoms with van der Waals surface area (Å²) in [4.78, 5) is 28.9. The van der Waals surface area contributed by atoms with E-state index in [9.17, 15) is 9.59 Å². The van der Waals surface area contributed by atoms with Crippen molar-refractivity contribution in [1.29, 1.82) is 0 Å². The van der Waals surface area contributed by atoms with Crippen molar-refractivity contribution in [3.63, 3.8) is 0 Å². The lowest BCUT2D eigenvalue weighted by molar-refractivity contribution is -0.156. The molecule has 24 heavy (non-hydrogen) atoms. The van der Waals surface area contributed by atoms with Crippen molar-refractivity contribution in [2.24, 2.45) is 0 Å². The molecule has 0 bridgehead atoms. The second-order valence-electron chi connectivity index (χ2n) is 6.50. The number of aryl methyl sites for hydroxylation is 1. The Morgan fingerprint density at radius 1 is 1.17 bits per heavy atom. The summed E-state index contributed by atoms with van der Waals surface area (Å²) >= 11 is 0. The summed E-state index contributed by atoms with van der Waals surface area (Å²) in [5.74, 6) is -0.228. The number of fused-ring (bicyclic) bond motifs is 1. The van der Waals surface area contributed by atoms with Gasteiger partial charge in [-0.1, -0.05) is 18.2 Å². The van der Waals surface area contributed by atoms with E-state index >= 15 is 0 Å². The average molecular weight is 330 g/mol. The van der Waals surface area contributed by atoms with Gasteiger partial charge in [-0.25, -0.2) is 4.79 Å². The fourth-order valence-electron chi connectivity index (χ4n) is 3.74. The molecule has 1 aromatic rings. The minimum atomic E-state index is -0.411. The Hall–Kier alpha value is -2.04. The number of para-hydroxylation sites is 1. The van der Waals surface area contributed by atoms with Crippen LogP contribution < -0.4 is 4.90 Å². The van der Waals surface area contributed by atoms with Gasteiger partial charge >= 0.3 is 5.97 Å². The van der Waals surface area contributed by atoms with Crippen LogP contribution in [0.4, 0.5) is 5.69 Å². The molecule has 2 aliphatic heterocycles. The molecule has 1 unspecified atom stereocenters. The fourth-order valence-corrected chi connectivity index (χ4v) is 3.74. The number of esters is 1. The number of hydrogen-bond acceptors (Lipinski definition) is 4. The lowest BCUT2D eigenvalue weighted by Crippen LogP contribution is -2.52. The lowest BCUT2D eigenvalue weighted by atomic mass is 10.0. The molecule has 0 aromatic heterocycles. The third-order valence-corrected chi connectivity index (χ3v) is 4.91. The van der Waals surface area contributed by atoms with Crippen LogP contribution in [0.5, 0.6) is 0 Å². The molecule has 2 heterocycles. The Balaban J connectivity index is 1.71. The molecule has 130 valence electrons. The quantitative estimate of drug-likeness (QED) is 0.796. The highest BCUT2D eigenvalue weighted by molar-refractivity contribution is 5.87. The number of piperidine rings is 1. The first kappa shape index (κ1) is 16.8. The van der Waals surface area contributed by atoms with Gasteiger partial charge in [-0.05, 0) is 50.7 Å². The summed E-state index contributed by atoms with van der Waals surface area (Å²) in [7, 11) is 0. The van der Waals surface area contributed by atoms with Gasteiger partial charge in [0.05, 0.1) is 13.2 Å². The zero-order valence-corrected chi connectivity index (χ0v) is 14.4. The van der Waals surface area contributed by atoms with E-state index in [0.717, 1.165) is 37.9 Å². The van der Waals surface area contributed by atoms with Gasteiger partial charge in [0.15, 0.2) is 0 Å². The van der Waals surface area contributed by atoms with Gasteiger partial charge in [-0.15, -0.1) is 0 Å². The van der Waals surface area contributed by atoms with Crippen LogP contribution in [0.2, 0.25) is 0 Å². The summed E-state index contributed by atoms with van der Waals surface area (Å²) in [6, 6.07) is 7.87. The van der Waals surface area contributed by atoms with E-state index in [-0.39, 0.29) is 11.9 Å². The third-order valence-electron chi connectivity index (χ3n) is 4.91. The Morgan fingerprint density at radius 3 is 2.83 bits per heavy atom. The molecule has 1 fully saturated rings. The van der Waals surface area contributed by atoms with Crippen LogP contribution in [0.1, 0.15) is 38.2 Å². The standard InChI is InChI=1S/C19H26N2O3/c1-2-24-19(23)17-11-5-6-13-21(17)18(22)14-20-12-7-9-15-8-3-4-10-16(15)20/h3-4,8,10,17H,2,5-7,9,11-14H2,1H3. The average Bonchev–Trinajstić information content (AvgIpc) is 2.62. The van der Waals surface area contributed by atoms with Crippen molar-refractivity contribution >= 4 is 17.6 Å². The molecule has 5 heteroatoms. The largest absolute Gasteiger partial charge is 0.464 e. The zero-order valence-electron chi connectivity index (χ0n) is 14.4. The number of likely N-dealkylation sites (tertiary alicyclic amines) is 1. The highest BCUT2D eigenvalue weighted by Crippen LogP contribution is 2.27. The van der Waals surface area contributed by atoms with E-state index in [0.29, 0.717) is 26.1 Å². The zero-order chi connectivity index (χ0) is 16.9. The summed E-state index contributed by atoms with van der Waals surface area (Å²) in [5, 5.41) is 0. The second-order valence-corrected chi connectivity index (χ2v) is 6.50. The van der Waals surface area contributed by atoms with E-state index in [2.05, 4.69) is 17.0 Å². The number of hydrogen-bond donors (Lipinski definition) is 0. The third kappa shape index (κ3) is 3.55. The Morgan fingerprint density at radius 2 is 2.00 bits per heavy atom. The van der Waals surface area contributed by atoms with Crippen LogP contribution in [0, 0.1) is 0 Å². The molecular weight excluding hydrogens is 304 g/mol. The van der Waals surface area contributed by atoms with E-state index in [1.54, 1.807) is 11.8 Å². The van der Waals surface area contributed by atoms with Crippen LogP contribution in [0.15, 0.2) is 24.3 Å². The van der Waals surface area contributed by atoms with Gasteiger partial charge in [-0.2, -0.15) is 0 Å². The van der Waals surface area contributed by atoms with E-state index < -0.39 is 6.04 Å². The molecule has 2 aliphatic rings. The van der Waals surface area contributed by atoms with Crippen LogP contribution in [0.3, 0.4) is 0 Å². The van der Waals surface area contributed by atoms with Gasteiger partial charge < -0.3 is 14.5 Å². The molecule has 1 aromatic carbocycles. The lowest BCUT2D eigenvalue weighted by Gasteiger charge is -2.37. The van der Waals surface area contributed by atoms with Crippen molar-refractivity contribution < 1.29 is 14.3 Å². The molecule has 3 rings (SSSR count). The molecule has 0 saturated carbocycles. The van der Waals surface area contributed by atoms with Gasteiger partial charge in [0, 0.05) is 18.8 Å². The number of benzene rings is 1. The van der Waals surface area contributed by atoms with E-state index in [4.69, 9.17) is 4.74 Å². The highest BCUT2D eigenvalue weighted by atomic mass is 16.5. The maximum Gasteiger partial charge on any atom is 0.328 e. The number of carbonyl (C=O) groups excluding carboxylic acids is 2. The number of nitrogens with zero attached hydrogens (tertiary/aromatic N) is 2. The highest BCUT2D eigenvalue weighted by Gasteiger charge is 2.34.